The molecular formula is C24H22N4O4. The molecule has 0 saturated carbocycles. The number of carbonyl (C=O) groups excluding carboxylic acids is 2. The molecule has 162 valence electrons. The van der Waals surface area contributed by atoms with E-state index in [2.05, 4.69) is 15.4 Å². The number of methoxy groups -OCH3 is 2. The lowest BCUT2D eigenvalue weighted by molar-refractivity contribution is -0.116. The molecule has 8 nitrogen and oxygen atoms in total. The van der Waals surface area contributed by atoms with Crippen LogP contribution in [0.4, 0.5) is 5.95 Å². The van der Waals surface area contributed by atoms with Crippen molar-refractivity contribution in [2.75, 3.05) is 19.5 Å². The molecule has 0 spiro atoms. The average Bonchev–Trinajstić information content (AvgIpc) is 3.30. The third-order valence-corrected chi connectivity index (χ3v) is 6.10. The van der Waals surface area contributed by atoms with Crippen LogP contribution >= 0.6 is 0 Å². The van der Waals surface area contributed by atoms with E-state index in [0.717, 1.165) is 22.6 Å². The highest BCUT2D eigenvalue weighted by atomic mass is 16.5. The van der Waals surface area contributed by atoms with E-state index in [4.69, 9.17) is 9.47 Å². The normalized spacial score (nSPS) is 19.6. The maximum Gasteiger partial charge on any atom is 0.337 e. The highest BCUT2D eigenvalue weighted by Crippen LogP contribution is 2.43. The molecule has 1 aromatic heterocycles. The Morgan fingerprint density at radius 2 is 1.75 bits per heavy atom. The van der Waals surface area contributed by atoms with Crippen LogP contribution in [0.5, 0.6) is 5.75 Å². The largest absolute Gasteiger partial charge is 0.497 e. The van der Waals surface area contributed by atoms with Gasteiger partial charge in [-0.05, 0) is 47.7 Å². The SMILES string of the molecule is COC(=O)c1ccc([C@H]2C3=C(C[C@@H](c4ccc(OC)cc4)CC3=O)Nc3ncnn32)cc1. The summed E-state index contributed by atoms with van der Waals surface area (Å²) in [4.78, 5) is 29.6. The summed E-state index contributed by atoms with van der Waals surface area (Å²) >= 11 is 0. The molecule has 0 bridgehead atoms. The number of hydrogen-bond acceptors (Lipinski definition) is 7. The minimum Gasteiger partial charge on any atom is -0.497 e. The first-order valence-corrected chi connectivity index (χ1v) is 10.3. The van der Waals surface area contributed by atoms with Crippen LogP contribution in [0.3, 0.4) is 0 Å². The zero-order valence-electron chi connectivity index (χ0n) is 17.7. The third-order valence-electron chi connectivity index (χ3n) is 6.10. The molecule has 1 N–H and O–H groups in total. The molecule has 0 radical (unpaired) electrons. The van der Waals surface area contributed by atoms with Gasteiger partial charge in [0.15, 0.2) is 5.78 Å². The van der Waals surface area contributed by atoms with Gasteiger partial charge in [-0.15, -0.1) is 0 Å². The van der Waals surface area contributed by atoms with E-state index in [1.54, 1.807) is 23.9 Å². The fourth-order valence-corrected chi connectivity index (χ4v) is 4.49. The summed E-state index contributed by atoms with van der Waals surface area (Å²) in [5.74, 6) is 1.11. The molecule has 32 heavy (non-hydrogen) atoms. The number of allylic oxidation sites excluding steroid dienone is 2. The van der Waals surface area contributed by atoms with Crippen molar-refractivity contribution >= 4 is 17.7 Å². The summed E-state index contributed by atoms with van der Waals surface area (Å²) in [5, 5.41) is 7.68. The van der Waals surface area contributed by atoms with Crippen molar-refractivity contribution in [3.05, 3.63) is 82.8 Å². The Morgan fingerprint density at radius 3 is 2.44 bits per heavy atom. The van der Waals surface area contributed by atoms with E-state index < -0.39 is 12.0 Å². The summed E-state index contributed by atoms with van der Waals surface area (Å²) in [6.45, 7) is 0. The maximum atomic E-state index is 13.4. The number of carbonyl (C=O) groups is 2. The molecule has 8 heteroatoms. The van der Waals surface area contributed by atoms with Gasteiger partial charge in [-0.3, -0.25) is 4.79 Å². The summed E-state index contributed by atoms with van der Waals surface area (Å²) in [5.41, 5.74) is 3.96. The van der Waals surface area contributed by atoms with Crippen molar-refractivity contribution in [3.63, 3.8) is 0 Å². The zero-order valence-corrected chi connectivity index (χ0v) is 17.7. The number of esters is 1. The van der Waals surface area contributed by atoms with Crippen molar-refractivity contribution in [1.29, 1.82) is 0 Å². The second-order valence-corrected chi connectivity index (χ2v) is 7.86. The van der Waals surface area contributed by atoms with Crippen LogP contribution in [0.2, 0.25) is 0 Å². The molecule has 3 aromatic rings. The predicted molar refractivity (Wildman–Crippen MR) is 117 cm³/mol. The molecule has 2 heterocycles. The first-order valence-electron chi connectivity index (χ1n) is 10.3. The number of rotatable bonds is 4. The van der Waals surface area contributed by atoms with Gasteiger partial charge >= 0.3 is 5.97 Å². The summed E-state index contributed by atoms with van der Waals surface area (Å²) in [6.07, 6.45) is 2.58. The standard InChI is InChI=1S/C24H22N4O4/c1-31-18-9-7-14(8-10-18)17-11-19-21(20(29)12-17)22(28-24(27-19)25-13-26-28)15-3-5-16(6-4-15)23(30)32-2/h3-10,13,17,22H,11-12H2,1-2H3,(H,25,26,27)/t17-,22+/m1/s1. The van der Waals surface area contributed by atoms with Crippen LogP contribution in [0.25, 0.3) is 0 Å². The molecular weight excluding hydrogens is 408 g/mol. The molecule has 1 aliphatic heterocycles. The number of hydrogen-bond donors (Lipinski definition) is 1. The lowest BCUT2D eigenvalue weighted by Crippen LogP contribution is -2.33. The number of ether oxygens (including phenoxy) is 2. The van der Waals surface area contributed by atoms with E-state index in [0.29, 0.717) is 29.9 Å². The molecule has 2 aliphatic rings. The van der Waals surface area contributed by atoms with Gasteiger partial charge in [-0.25, -0.2) is 9.48 Å². The van der Waals surface area contributed by atoms with E-state index in [9.17, 15) is 9.59 Å². The molecule has 2 aromatic carbocycles. The molecule has 1 aliphatic carbocycles. The van der Waals surface area contributed by atoms with Crippen LogP contribution in [-0.2, 0) is 9.53 Å². The molecule has 2 atom stereocenters. The Labute approximate surface area is 184 Å². The van der Waals surface area contributed by atoms with Crippen molar-refractivity contribution in [1.82, 2.24) is 14.8 Å². The number of nitrogens with zero attached hydrogens (tertiary/aromatic N) is 3. The second-order valence-electron chi connectivity index (χ2n) is 7.86. The third kappa shape index (κ3) is 3.33. The van der Waals surface area contributed by atoms with E-state index in [1.807, 2.05) is 36.4 Å². The highest BCUT2D eigenvalue weighted by molar-refractivity contribution is 6.00. The van der Waals surface area contributed by atoms with E-state index in [1.165, 1.54) is 13.4 Å². The number of anilines is 1. The number of nitrogens with one attached hydrogen (secondary N) is 1. The van der Waals surface area contributed by atoms with Crippen molar-refractivity contribution < 1.29 is 19.1 Å². The van der Waals surface area contributed by atoms with Gasteiger partial charge in [0.2, 0.25) is 5.95 Å². The first kappa shape index (κ1) is 20.0. The molecule has 0 fully saturated rings. The van der Waals surface area contributed by atoms with Crippen LogP contribution in [0.15, 0.2) is 66.1 Å². The smallest absolute Gasteiger partial charge is 0.337 e. The van der Waals surface area contributed by atoms with Gasteiger partial charge in [0.25, 0.3) is 0 Å². The van der Waals surface area contributed by atoms with Crippen molar-refractivity contribution in [3.8, 4) is 5.75 Å². The number of Topliss-reactive ketones (excluding diaryl/α,β-unsaturated/α-hetero) is 1. The van der Waals surface area contributed by atoms with Gasteiger partial charge in [0.05, 0.1) is 19.8 Å². The average molecular weight is 430 g/mol. The summed E-state index contributed by atoms with van der Waals surface area (Å²) < 4.78 is 11.8. The van der Waals surface area contributed by atoms with Crippen LogP contribution in [0, 0.1) is 0 Å². The quantitative estimate of drug-likeness (QED) is 0.633. The van der Waals surface area contributed by atoms with Gasteiger partial charge in [0.1, 0.15) is 18.1 Å². The lowest BCUT2D eigenvalue weighted by atomic mass is 9.78. The molecule has 0 unspecified atom stereocenters. The molecule has 5 rings (SSSR count). The highest BCUT2D eigenvalue weighted by Gasteiger charge is 2.39. The zero-order chi connectivity index (χ0) is 22.2. The predicted octanol–water partition coefficient (Wildman–Crippen LogP) is 3.49. The first-order chi connectivity index (χ1) is 15.6. The second kappa shape index (κ2) is 7.96. The Balaban J connectivity index is 1.52. The number of benzene rings is 2. The van der Waals surface area contributed by atoms with Gasteiger partial charge < -0.3 is 14.8 Å². The summed E-state index contributed by atoms with van der Waals surface area (Å²) in [6, 6.07) is 14.5. The van der Waals surface area contributed by atoms with Crippen LogP contribution < -0.4 is 10.1 Å². The van der Waals surface area contributed by atoms with Crippen molar-refractivity contribution in [2.24, 2.45) is 0 Å². The van der Waals surface area contributed by atoms with Crippen molar-refractivity contribution in [2.45, 2.75) is 24.8 Å². The topological polar surface area (TPSA) is 95.3 Å². The number of aromatic nitrogens is 3. The number of ketones is 1. The maximum absolute atomic E-state index is 13.4. The van der Waals surface area contributed by atoms with Gasteiger partial charge in [-0.1, -0.05) is 24.3 Å². The molecule has 0 amide bonds. The molecule has 0 saturated heterocycles. The lowest BCUT2D eigenvalue weighted by Gasteiger charge is -2.35. The minimum atomic E-state index is -0.403. The fraction of sp³-hybridized carbons (Fsp3) is 0.250. The Kier molecular flexibility index (Phi) is 4.97. The van der Waals surface area contributed by atoms with Gasteiger partial charge in [0, 0.05) is 17.7 Å². The Bertz CT molecular complexity index is 1210. The summed E-state index contributed by atoms with van der Waals surface area (Å²) in [7, 11) is 2.98. The fourth-order valence-electron chi connectivity index (χ4n) is 4.49. The van der Waals surface area contributed by atoms with Crippen LogP contribution in [0.1, 0.15) is 46.3 Å². The van der Waals surface area contributed by atoms with E-state index in [-0.39, 0.29) is 11.7 Å². The Morgan fingerprint density at radius 1 is 1.03 bits per heavy atom. The minimum absolute atomic E-state index is 0.0662. The van der Waals surface area contributed by atoms with Gasteiger partial charge in [-0.2, -0.15) is 10.1 Å². The van der Waals surface area contributed by atoms with E-state index >= 15 is 0 Å². The number of fused-ring (bicyclic) bond motifs is 1. The monoisotopic (exact) mass is 430 g/mol. The Hall–Kier alpha value is -3.94. The van der Waals surface area contributed by atoms with Crippen LogP contribution in [-0.4, -0.2) is 40.7 Å².